The molecule has 2 atom stereocenters. The maximum atomic E-state index is 12.9. The van der Waals surface area contributed by atoms with Crippen molar-refractivity contribution in [3.63, 3.8) is 0 Å². The van der Waals surface area contributed by atoms with E-state index in [1.165, 1.54) is 0 Å². The molecule has 0 saturated heterocycles. The maximum absolute atomic E-state index is 12.9. The second-order valence-corrected chi connectivity index (χ2v) is 8.48. The van der Waals surface area contributed by atoms with Crippen LogP contribution in [0.1, 0.15) is 64.1 Å². The second-order valence-electron chi connectivity index (χ2n) is 8.48. The number of amides is 1. The van der Waals surface area contributed by atoms with Crippen molar-refractivity contribution in [1.29, 1.82) is 0 Å². The van der Waals surface area contributed by atoms with Gasteiger partial charge in [0.05, 0.1) is 13.2 Å². The average Bonchev–Trinajstić information content (AvgIpc) is 2.66. The summed E-state index contributed by atoms with van der Waals surface area (Å²) in [5.41, 5.74) is 1.65. The van der Waals surface area contributed by atoms with Crippen molar-refractivity contribution in [3.05, 3.63) is 53.6 Å². The topological polar surface area (TPSA) is 56.8 Å². The molecule has 5 nitrogen and oxygen atoms in total. The van der Waals surface area contributed by atoms with Crippen molar-refractivity contribution in [3.8, 4) is 17.2 Å². The van der Waals surface area contributed by atoms with Crippen molar-refractivity contribution in [1.82, 2.24) is 5.32 Å². The van der Waals surface area contributed by atoms with Crippen LogP contribution in [0.25, 0.3) is 0 Å². The van der Waals surface area contributed by atoms with E-state index in [4.69, 9.17) is 14.2 Å². The summed E-state index contributed by atoms with van der Waals surface area (Å²) in [4.78, 5) is 12.9. The van der Waals surface area contributed by atoms with E-state index in [1.807, 2.05) is 56.3 Å². The van der Waals surface area contributed by atoms with Crippen molar-refractivity contribution < 1.29 is 19.0 Å². The first kappa shape index (κ1) is 21.0. The van der Waals surface area contributed by atoms with Gasteiger partial charge in [-0.05, 0) is 50.5 Å². The lowest BCUT2D eigenvalue weighted by atomic mass is 9.89. The number of carbonyl (C=O) groups excluding carboxylic acids is 1. The molecule has 0 spiro atoms. The van der Waals surface area contributed by atoms with Crippen LogP contribution in [-0.4, -0.2) is 24.7 Å². The van der Waals surface area contributed by atoms with E-state index < -0.39 is 11.7 Å². The number of rotatable bonds is 6. The summed E-state index contributed by atoms with van der Waals surface area (Å²) in [6.07, 6.45) is 0.0652. The van der Waals surface area contributed by atoms with Crippen LogP contribution >= 0.6 is 0 Å². The number of benzene rings is 2. The Kier molecular flexibility index (Phi) is 6.06. The van der Waals surface area contributed by atoms with Crippen LogP contribution in [0.4, 0.5) is 0 Å². The van der Waals surface area contributed by atoms with Crippen LogP contribution < -0.4 is 19.5 Å². The van der Waals surface area contributed by atoms with Gasteiger partial charge in [0.1, 0.15) is 22.8 Å². The lowest BCUT2D eigenvalue weighted by Crippen LogP contribution is -2.44. The molecular formula is C24H31NO4. The molecule has 0 saturated carbocycles. The highest BCUT2D eigenvalue weighted by Gasteiger charge is 2.35. The van der Waals surface area contributed by atoms with Crippen LogP contribution in [0.3, 0.4) is 0 Å². The minimum atomic E-state index is -0.609. The van der Waals surface area contributed by atoms with Gasteiger partial charge in [-0.2, -0.15) is 0 Å². The Morgan fingerprint density at radius 3 is 2.59 bits per heavy atom. The zero-order valence-electron chi connectivity index (χ0n) is 18.1. The summed E-state index contributed by atoms with van der Waals surface area (Å²) in [6.45, 7) is 10.1. The van der Waals surface area contributed by atoms with Gasteiger partial charge in [0.25, 0.3) is 5.91 Å². The fourth-order valence-corrected chi connectivity index (χ4v) is 3.69. The van der Waals surface area contributed by atoms with E-state index in [1.54, 1.807) is 14.0 Å². The third-order valence-electron chi connectivity index (χ3n) is 5.21. The number of ether oxygens (including phenoxy) is 3. The van der Waals surface area contributed by atoms with Crippen LogP contribution in [0.2, 0.25) is 0 Å². The zero-order chi connectivity index (χ0) is 21.2. The number of hydrogen-bond acceptors (Lipinski definition) is 4. The van der Waals surface area contributed by atoms with E-state index >= 15 is 0 Å². The van der Waals surface area contributed by atoms with Gasteiger partial charge < -0.3 is 19.5 Å². The van der Waals surface area contributed by atoms with Crippen LogP contribution in [0.5, 0.6) is 17.2 Å². The summed E-state index contributed by atoms with van der Waals surface area (Å²) < 4.78 is 17.4. The molecule has 0 radical (unpaired) electrons. The molecule has 5 heteroatoms. The fourth-order valence-electron chi connectivity index (χ4n) is 3.69. The summed E-state index contributed by atoms with van der Waals surface area (Å²) >= 11 is 0. The molecule has 2 aromatic carbocycles. The Morgan fingerprint density at radius 1 is 1.17 bits per heavy atom. The lowest BCUT2D eigenvalue weighted by molar-refractivity contribution is -0.128. The smallest absolute Gasteiger partial charge is 0.261 e. The Bertz CT molecular complexity index is 875. The molecule has 1 heterocycles. The van der Waals surface area contributed by atoms with E-state index in [-0.39, 0.29) is 11.9 Å². The third kappa shape index (κ3) is 4.84. The summed E-state index contributed by atoms with van der Waals surface area (Å²) in [7, 11) is 1.63. The number of methoxy groups -OCH3 is 1. The number of carbonyl (C=O) groups is 1. The quantitative estimate of drug-likeness (QED) is 0.745. The lowest BCUT2D eigenvalue weighted by Gasteiger charge is -2.38. The minimum Gasteiger partial charge on any atom is -0.497 e. The van der Waals surface area contributed by atoms with Gasteiger partial charge in [0, 0.05) is 18.1 Å². The van der Waals surface area contributed by atoms with Crippen molar-refractivity contribution >= 4 is 5.91 Å². The average molecular weight is 398 g/mol. The SMILES string of the molecule is COc1ccc2c(c1)OC(C)(C)C[C@H]2NC(=O)[C@H](C)Oc1ccccc1C(C)C. The first-order valence-corrected chi connectivity index (χ1v) is 10.1. The van der Waals surface area contributed by atoms with E-state index in [9.17, 15) is 4.79 Å². The Labute approximate surface area is 173 Å². The molecule has 1 aliphatic heterocycles. The van der Waals surface area contributed by atoms with Crippen molar-refractivity contribution in [2.24, 2.45) is 0 Å². The normalized spacial score (nSPS) is 18.4. The standard InChI is InChI=1S/C24H31NO4/c1-15(2)18-9-7-8-10-21(18)28-16(3)23(26)25-20-14-24(4,5)29-22-13-17(27-6)11-12-19(20)22/h7-13,15-16,20H,14H2,1-6H3,(H,25,26)/t16-,20+/m0/s1. The minimum absolute atomic E-state index is 0.145. The number of fused-ring (bicyclic) bond motifs is 1. The molecule has 0 unspecified atom stereocenters. The summed E-state index contributed by atoms with van der Waals surface area (Å²) in [5, 5.41) is 3.15. The zero-order valence-corrected chi connectivity index (χ0v) is 18.1. The highest BCUT2D eigenvalue weighted by molar-refractivity contribution is 5.81. The van der Waals surface area contributed by atoms with Gasteiger partial charge in [-0.1, -0.05) is 32.0 Å². The molecular weight excluding hydrogens is 366 g/mol. The predicted octanol–water partition coefficient (Wildman–Crippen LogP) is 5.00. The summed E-state index contributed by atoms with van der Waals surface area (Å²) in [5.74, 6) is 2.40. The molecule has 1 aliphatic rings. The monoisotopic (exact) mass is 397 g/mol. The van der Waals surface area contributed by atoms with Crippen LogP contribution in [-0.2, 0) is 4.79 Å². The Morgan fingerprint density at radius 2 is 1.90 bits per heavy atom. The van der Waals surface area contributed by atoms with Gasteiger partial charge in [-0.15, -0.1) is 0 Å². The van der Waals surface area contributed by atoms with E-state index in [2.05, 4.69) is 19.2 Å². The number of para-hydroxylation sites is 1. The largest absolute Gasteiger partial charge is 0.497 e. The van der Waals surface area contributed by atoms with Gasteiger partial charge in [0.15, 0.2) is 6.10 Å². The molecule has 2 aromatic rings. The molecule has 29 heavy (non-hydrogen) atoms. The molecule has 156 valence electrons. The molecule has 0 aliphatic carbocycles. The fraction of sp³-hybridized carbons (Fsp3) is 0.458. The van der Waals surface area contributed by atoms with Crippen LogP contribution in [0, 0.1) is 0 Å². The Balaban J connectivity index is 1.77. The summed E-state index contributed by atoms with van der Waals surface area (Å²) in [6, 6.07) is 13.4. The maximum Gasteiger partial charge on any atom is 0.261 e. The molecule has 0 aromatic heterocycles. The molecule has 0 fully saturated rings. The van der Waals surface area contributed by atoms with E-state index in [0.717, 1.165) is 28.4 Å². The second kappa shape index (κ2) is 8.36. The first-order chi connectivity index (χ1) is 13.7. The van der Waals surface area contributed by atoms with Gasteiger partial charge in [-0.25, -0.2) is 0 Å². The number of hydrogen-bond donors (Lipinski definition) is 1. The molecule has 0 bridgehead atoms. The van der Waals surface area contributed by atoms with Gasteiger partial charge in [0.2, 0.25) is 0 Å². The molecule has 3 rings (SSSR count). The van der Waals surface area contributed by atoms with Crippen molar-refractivity contribution in [2.75, 3.05) is 7.11 Å². The van der Waals surface area contributed by atoms with Gasteiger partial charge in [-0.3, -0.25) is 4.79 Å². The van der Waals surface area contributed by atoms with Crippen LogP contribution in [0.15, 0.2) is 42.5 Å². The van der Waals surface area contributed by atoms with Gasteiger partial charge >= 0.3 is 0 Å². The highest BCUT2D eigenvalue weighted by Crippen LogP contribution is 2.41. The first-order valence-electron chi connectivity index (χ1n) is 10.1. The number of nitrogens with one attached hydrogen (secondary N) is 1. The van der Waals surface area contributed by atoms with E-state index in [0.29, 0.717) is 12.3 Å². The Hall–Kier alpha value is -2.69. The molecule has 1 amide bonds. The predicted molar refractivity (Wildman–Crippen MR) is 114 cm³/mol. The third-order valence-corrected chi connectivity index (χ3v) is 5.21. The van der Waals surface area contributed by atoms with Crippen molar-refractivity contribution in [2.45, 2.75) is 64.7 Å². The highest BCUT2D eigenvalue weighted by atomic mass is 16.5. The molecule has 1 N–H and O–H groups in total.